The van der Waals surface area contributed by atoms with E-state index in [1.807, 2.05) is 22.6 Å². The first-order valence-electron chi connectivity index (χ1n) is 5.31. The average Bonchev–Trinajstić information content (AvgIpc) is 2.31. The molecule has 0 bridgehead atoms. The van der Waals surface area contributed by atoms with Crippen LogP contribution in [0.5, 0.6) is 0 Å². The molecule has 0 fully saturated rings. The first kappa shape index (κ1) is 14.9. The Kier molecular flexibility index (Phi) is 4.69. The second kappa shape index (κ2) is 5.66. The molecule has 0 aliphatic heterocycles. The highest BCUT2D eigenvalue weighted by Crippen LogP contribution is 2.20. The third kappa shape index (κ3) is 3.42. The van der Waals surface area contributed by atoms with Crippen LogP contribution >= 0.6 is 22.6 Å². The summed E-state index contributed by atoms with van der Waals surface area (Å²) in [6.45, 7) is 3.44. The topological polar surface area (TPSA) is 78.4 Å². The predicted molar refractivity (Wildman–Crippen MR) is 77.9 cm³/mol. The molecule has 0 saturated carbocycles. The van der Waals surface area contributed by atoms with Gasteiger partial charge in [-0.05, 0) is 61.7 Å². The van der Waals surface area contributed by atoms with Crippen LogP contribution in [-0.2, 0) is 4.79 Å². The SMILES string of the molecule is CNC(C)(C)C(=O)Nc1ccc(I)cc1C(=O)O. The maximum absolute atomic E-state index is 12.0. The lowest BCUT2D eigenvalue weighted by Gasteiger charge is -2.23. The van der Waals surface area contributed by atoms with E-state index in [-0.39, 0.29) is 11.5 Å². The Morgan fingerprint density at radius 3 is 2.44 bits per heavy atom. The zero-order valence-electron chi connectivity index (χ0n) is 10.4. The van der Waals surface area contributed by atoms with Crippen LogP contribution < -0.4 is 10.6 Å². The number of hydrogen-bond donors (Lipinski definition) is 3. The van der Waals surface area contributed by atoms with Gasteiger partial charge in [-0.2, -0.15) is 0 Å². The summed E-state index contributed by atoms with van der Waals surface area (Å²) in [4.78, 5) is 23.1. The molecular weight excluding hydrogens is 347 g/mol. The summed E-state index contributed by atoms with van der Waals surface area (Å²) >= 11 is 2.02. The van der Waals surface area contributed by atoms with Crippen molar-refractivity contribution in [3.8, 4) is 0 Å². The number of rotatable bonds is 4. The van der Waals surface area contributed by atoms with Gasteiger partial charge < -0.3 is 15.7 Å². The number of carbonyl (C=O) groups excluding carboxylic acids is 1. The molecule has 1 rings (SSSR count). The summed E-state index contributed by atoms with van der Waals surface area (Å²) in [6.07, 6.45) is 0. The second-order valence-electron chi connectivity index (χ2n) is 4.32. The first-order valence-corrected chi connectivity index (χ1v) is 6.39. The van der Waals surface area contributed by atoms with Crippen LogP contribution in [0.2, 0.25) is 0 Å². The number of amides is 1. The summed E-state index contributed by atoms with van der Waals surface area (Å²) < 4.78 is 0.802. The Balaban J connectivity index is 3.05. The number of benzene rings is 1. The van der Waals surface area contributed by atoms with E-state index in [1.54, 1.807) is 33.0 Å². The van der Waals surface area contributed by atoms with Crippen molar-refractivity contribution in [2.45, 2.75) is 19.4 Å². The van der Waals surface area contributed by atoms with Gasteiger partial charge in [0.05, 0.1) is 16.8 Å². The van der Waals surface area contributed by atoms with E-state index in [9.17, 15) is 9.59 Å². The lowest BCUT2D eigenvalue weighted by Crippen LogP contribution is -2.48. The predicted octanol–water partition coefficient (Wildman–Crippen LogP) is 1.93. The molecule has 0 heterocycles. The monoisotopic (exact) mass is 362 g/mol. The average molecular weight is 362 g/mol. The van der Waals surface area contributed by atoms with Crippen LogP contribution in [0.4, 0.5) is 5.69 Å². The van der Waals surface area contributed by atoms with Crippen LogP contribution in [-0.4, -0.2) is 29.6 Å². The van der Waals surface area contributed by atoms with E-state index in [2.05, 4.69) is 10.6 Å². The van der Waals surface area contributed by atoms with E-state index in [0.717, 1.165) is 3.57 Å². The Bertz CT molecular complexity index is 486. The minimum atomic E-state index is -1.06. The fourth-order valence-corrected chi connectivity index (χ4v) is 1.69. The van der Waals surface area contributed by atoms with E-state index in [1.165, 1.54) is 6.07 Å². The Hall–Kier alpha value is -1.15. The molecule has 6 heteroatoms. The molecule has 0 radical (unpaired) electrons. The first-order chi connectivity index (χ1) is 8.27. The van der Waals surface area contributed by atoms with Gasteiger partial charge in [-0.25, -0.2) is 4.79 Å². The van der Waals surface area contributed by atoms with Gasteiger partial charge in [0.2, 0.25) is 5.91 Å². The fourth-order valence-electron chi connectivity index (χ4n) is 1.19. The van der Waals surface area contributed by atoms with Crippen LogP contribution in [0.15, 0.2) is 18.2 Å². The number of halogens is 1. The molecule has 1 aromatic carbocycles. The molecular formula is C12H15IN2O3. The maximum atomic E-state index is 12.0. The third-order valence-corrected chi connectivity index (χ3v) is 3.32. The van der Waals surface area contributed by atoms with E-state index >= 15 is 0 Å². The van der Waals surface area contributed by atoms with E-state index in [4.69, 9.17) is 5.11 Å². The van der Waals surface area contributed by atoms with Crippen molar-refractivity contribution in [3.63, 3.8) is 0 Å². The van der Waals surface area contributed by atoms with Crippen molar-refractivity contribution >= 4 is 40.2 Å². The van der Waals surface area contributed by atoms with Crippen molar-refractivity contribution in [1.82, 2.24) is 5.32 Å². The summed E-state index contributed by atoms with van der Waals surface area (Å²) in [6, 6.07) is 4.86. The summed E-state index contributed by atoms with van der Waals surface area (Å²) in [5, 5.41) is 14.6. The Morgan fingerprint density at radius 2 is 1.94 bits per heavy atom. The number of anilines is 1. The minimum absolute atomic E-state index is 0.0853. The van der Waals surface area contributed by atoms with Crippen LogP contribution in [0, 0.1) is 3.57 Å². The Labute approximate surface area is 119 Å². The standard InChI is InChI=1S/C12H15IN2O3/c1-12(2,14-3)11(18)15-9-5-4-7(13)6-8(9)10(16)17/h4-6,14H,1-3H3,(H,15,18)(H,16,17). The Morgan fingerprint density at radius 1 is 1.33 bits per heavy atom. The highest BCUT2D eigenvalue weighted by Gasteiger charge is 2.26. The lowest BCUT2D eigenvalue weighted by molar-refractivity contribution is -0.121. The molecule has 0 aliphatic rings. The number of likely N-dealkylation sites (N-methyl/N-ethyl adjacent to an activating group) is 1. The van der Waals surface area contributed by atoms with E-state index < -0.39 is 11.5 Å². The molecule has 0 atom stereocenters. The van der Waals surface area contributed by atoms with Gasteiger partial charge in [0.15, 0.2) is 0 Å². The van der Waals surface area contributed by atoms with Gasteiger partial charge >= 0.3 is 5.97 Å². The molecule has 0 saturated heterocycles. The second-order valence-corrected chi connectivity index (χ2v) is 5.57. The lowest BCUT2D eigenvalue weighted by atomic mass is 10.0. The van der Waals surface area contributed by atoms with Crippen molar-refractivity contribution in [2.75, 3.05) is 12.4 Å². The molecule has 98 valence electrons. The van der Waals surface area contributed by atoms with Gasteiger partial charge in [0, 0.05) is 3.57 Å². The summed E-state index contributed by atoms with van der Waals surface area (Å²) in [7, 11) is 1.67. The molecule has 18 heavy (non-hydrogen) atoms. The number of carboxylic acids is 1. The quantitative estimate of drug-likeness (QED) is 0.716. The molecule has 0 spiro atoms. The van der Waals surface area contributed by atoms with Crippen molar-refractivity contribution in [1.29, 1.82) is 0 Å². The number of carboxylic acid groups (broad SMARTS) is 1. The van der Waals surface area contributed by atoms with Gasteiger partial charge in [-0.1, -0.05) is 0 Å². The normalized spacial score (nSPS) is 11.1. The van der Waals surface area contributed by atoms with Gasteiger partial charge in [0.25, 0.3) is 0 Å². The molecule has 5 nitrogen and oxygen atoms in total. The zero-order chi connectivity index (χ0) is 13.9. The molecule has 0 unspecified atom stereocenters. The third-order valence-electron chi connectivity index (χ3n) is 2.65. The van der Waals surface area contributed by atoms with E-state index in [0.29, 0.717) is 5.69 Å². The van der Waals surface area contributed by atoms with Crippen molar-refractivity contribution in [2.24, 2.45) is 0 Å². The van der Waals surface area contributed by atoms with Gasteiger partial charge in [-0.3, -0.25) is 4.79 Å². The zero-order valence-corrected chi connectivity index (χ0v) is 12.5. The smallest absolute Gasteiger partial charge is 0.337 e. The molecule has 1 amide bonds. The van der Waals surface area contributed by atoms with Crippen molar-refractivity contribution in [3.05, 3.63) is 27.3 Å². The van der Waals surface area contributed by atoms with Crippen LogP contribution in [0.1, 0.15) is 24.2 Å². The molecule has 3 N–H and O–H groups in total. The van der Waals surface area contributed by atoms with Gasteiger partial charge in [0.1, 0.15) is 0 Å². The van der Waals surface area contributed by atoms with Crippen molar-refractivity contribution < 1.29 is 14.7 Å². The summed E-state index contributed by atoms with van der Waals surface area (Å²) in [5.41, 5.74) is -0.378. The number of nitrogens with one attached hydrogen (secondary N) is 2. The molecule has 0 aromatic heterocycles. The van der Waals surface area contributed by atoms with Crippen LogP contribution in [0.3, 0.4) is 0 Å². The maximum Gasteiger partial charge on any atom is 0.337 e. The highest BCUT2D eigenvalue weighted by molar-refractivity contribution is 14.1. The largest absolute Gasteiger partial charge is 0.478 e. The fraction of sp³-hybridized carbons (Fsp3) is 0.333. The minimum Gasteiger partial charge on any atom is -0.478 e. The molecule has 0 aliphatic carbocycles. The molecule has 1 aromatic rings. The number of carbonyl (C=O) groups is 2. The van der Waals surface area contributed by atoms with Gasteiger partial charge in [-0.15, -0.1) is 0 Å². The highest BCUT2D eigenvalue weighted by atomic mass is 127. The summed E-state index contributed by atoms with van der Waals surface area (Å²) in [5.74, 6) is -1.35. The number of aromatic carboxylic acids is 1. The number of hydrogen-bond acceptors (Lipinski definition) is 3. The van der Waals surface area contributed by atoms with Crippen LogP contribution in [0.25, 0.3) is 0 Å².